The molecule has 2 heteroatoms. The smallest absolute Gasteiger partial charge is 0.140 e. The van der Waals surface area contributed by atoms with E-state index in [0.717, 1.165) is 66.8 Å². The number of nitrogens with zero attached hydrogens (tertiary/aromatic N) is 1. The topological polar surface area (TPSA) is 12.5 Å². The minimum absolute atomic E-state index is 0.337. The highest BCUT2D eigenvalue weighted by Crippen LogP contribution is 2.66. The lowest BCUT2D eigenvalue weighted by atomic mass is 9.65. The minimum atomic E-state index is -0.654. The molecule has 2 nitrogen and oxygen atoms in total. The van der Waals surface area contributed by atoms with Crippen molar-refractivity contribution >= 4 is 38.6 Å². The first-order valence-electron chi connectivity index (χ1n) is 23.3. The molecule has 11 aromatic rings. The molecule has 1 atom stereocenters. The molecule has 67 heavy (non-hydrogen) atoms. The fourth-order valence-electron chi connectivity index (χ4n) is 12.3. The van der Waals surface area contributed by atoms with Crippen LogP contribution in [0, 0.1) is 0 Å². The molecule has 3 aliphatic rings. The summed E-state index contributed by atoms with van der Waals surface area (Å²) in [7, 11) is 0. The Hall–Kier alpha value is -8.46. The monoisotopic (exact) mass is 853 g/mol. The van der Waals surface area contributed by atoms with Crippen molar-refractivity contribution in [2.24, 2.45) is 0 Å². The summed E-state index contributed by atoms with van der Waals surface area (Å²) in [5, 5.41) is 4.55. The maximum absolute atomic E-state index is 7.28. The fourth-order valence-corrected chi connectivity index (χ4v) is 12.3. The molecule has 0 radical (unpaired) electrons. The van der Waals surface area contributed by atoms with Crippen LogP contribution < -0.4 is 9.64 Å². The van der Waals surface area contributed by atoms with E-state index in [0.29, 0.717) is 0 Å². The summed E-state index contributed by atoms with van der Waals surface area (Å²) < 4.78 is 7.28. The van der Waals surface area contributed by atoms with Gasteiger partial charge in [-0.1, -0.05) is 218 Å². The maximum atomic E-state index is 7.28. The largest absolute Gasteiger partial charge is 0.455 e. The maximum Gasteiger partial charge on any atom is 0.140 e. The van der Waals surface area contributed by atoms with Crippen LogP contribution in [0.5, 0.6) is 11.5 Å². The van der Waals surface area contributed by atoms with Crippen molar-refractivity contribution in [2.45, 2.75) is 17.8 Å². The summed E-state index contributed by atoms with van der Waals surface area (Å²) in [6.45, 7) is 2.40. The van der Waals surface area contributed by atoms with Crippen molar-refractivity contribution < 1.29 is 4.74 Å². The average Bonchev–Trinajstić information content (AvgIpc) is 3.85. The lowest BCUT2D eigenvalue weighted by Crippen LogP contribution is -2.32. The molecule has 0 saturated carbocycles. The van der Waals surface area contributed by atoms with E-state index in [-0.39, 0.29) is 5.41 Å². The van der Waals surface area contributed by atoms with Crippen molar-refractivity contribution in [3.05, 3.63) is 282 Å². The molecule has 1 spiro atoms. The van der Waals surface area contributed by atoms with Gasteiger partial charge in [0.25, 0.3) is 0 Å². The molecule has 1 heterocycles. The molecule has 14 rings (SSSR count). The molecule has 0 N–H and O–H groups in total. The van der Waals surface area contributed by atoms with Gasteiger partial charge in [-0.15, -0.1) is 0 Å². The number of fused-ring (bicyclic) bond motifs is 16. The Labute approximate surface area is 390 Å². The van der Waals surface area contributed by atoms with Crippen LogP contribution in [-0.4, -0.2) is 0 Å². The zero-order valence-electron chi connectivity index (χ0n) is 36.9. The third-order valence-electron chi connectivity index (χ3n) is 15.2. The number of ether oxygens (including phenoxy) is 1. The molecule has 1 aliphatic heterocycles. The second-order valence-electron chi connectivity index (χ2n) is 18.4. The molecule has 314 valence electrons. The average molecular weight is 854 g/mol. The van der Waals surface area contributed by atoms with Crippen LogP contribution in [0.3, 0.4) is 0 Å². The van der Waals surface area contributed by atoms with Crippen molar-refractivity contribution in [1.82, 2.24) is 0 Å². The summed E-state index contributed by atoms with van der Waals surface area (Å²) in [6, 6.07) is 89.6. The van der Waals surface area contributed by atoms with Gasteiger partial charge >= 0.3 is 0 Å². The number of hydrogen-bond donors (Lipinski definition) is 0. The highest BCUT2D eigenvalue weighted by Gasteiger charge is 2.52. The summed E-state index contributed by atoms with van der Waals surface area (Å²) in [5.74, 6) is 1.85. The Morgan fingerprint density at radius 2 is 0.821 bits per heavy atom. The van der Waals surface area contributed by atoms with Gasteiger partial charge < -0.3 is 9.64 Å². The molecule has 0 bridgehead atoms. The third-order valence-corrected chi connectivity index (χ3v) is 15.2. The Balaban J connectivity index is 1.05. The van der Waals surface area contributed by atoms with Gasteiger partial charge in [-0.05, 0) is 92.0 Å². The van der Waals surface area contributed by atoms with Gasteiger partial charge in [0.1, 0.15) is 11.5 Å². The van der Waals surface area contributed by atoms with Crippen molar-refractivity contribution in [3.8, 4) is 44.9 Å². The van der Waals surface area contributed by atoms with E-state index in [4.69, 9.17) is 4.74 Å². The normalized spacial score (nSPS) is 15.5. The van der Waals surface area contributed by atoms with Crippen LogP contribution in [0.15, 0.2) is 243 Å². The first-order valence-corrected chi connectivity index (χ1v) is 23.3. The molecule has 1 unspecified atom stereocenters. The third kappa shape index (κ3) is 5.10. The molecule has 2 aliphatic carbocycles. The van der Waals surface area contributed by atoms with Gasteiger partial charge in [0, 0.05) is 44.1 Å². The predicted octanol–water partition coefficient (Wildman–Crippen LogP) is 16.9. The van der Waals surface area contributed by atoms with E-state index in [1.54, 1.807) is 0 Å². The second-order valence-corrected chi connectivity index (χ2v) is 18.4. The molecule has 11 aromatic carbocycles. The molecule has 0 amide bonds. The van der Waals surface area contributed by atoms with E-state index < -0.39 is 5.41 Å². The zero-order valence-corrected chi connectivity index (χ0v) is 36.9. The fraction of sp³-hybridized carbons (Fsp3) is 0.0462. The van der Waals surface area contributed by atoms with Gasteiger partial charge in [0.2, 0.25) is 0 Å². The van der Waals surface area contributed by atoms with E-state index >= 15 is 0 Å². The molecular weight excluding hydrogens is 811 g/mol. The Morgan fingerprint density at radius 3 is 1.52 bits per heavy atom. The van der Waals surface area contributed by atoms with Crippen molar-refractivity contribution in [3.63, 3.8) is 0 Å². The number of hydrogen-bond acceptors (Lipinski definition) is 2. The van der Waals surface area contributed by atoms with E-state index in [1.807, 2.05) is 0 Å². The van der Waals surface area contributed by atoms with Crippen LogP contribution in [0.25, 0.3) is 54.9 Å². The number of para-hydroxylation sites is 2. The molecule has 0 aromatic heterocycles. The summed E-state index contributed by atoms with van der Waals surface area (Å²) >= 11 is 0. The van der Waals surface area contributed by atoms with Crippen LogP contribution in [0.1, 0.15) is 45.9 Å². The number of rotatable bonds is 5. The number of benzene rings is 11. The Bertz CT molecular complexity index is 3730. The van der Waals surface area contributed by atoms with Gasteiger partial charge in [-0.2, -0.15) is 0 Å². The molecule has 0 fully saturated rings. The summed E-state index contributed by atoms with van der Waals surface area (Å²) in [6.07, 6.45) is 0. The first-order chi connectivity index (χ1) is 33.2. The predicted molar refractivity (Wildman–Crippen MR) is 276 cm³/mol. The van der Waals surface area contributed by atoms with E-state index in [9.17, 15) is 0 Å². The standard InChI is InChI=1S/C65H43NO/c1-64(44-22-4-2-5-23-44)52-32-15-12-29-50(52)61-54(64)34-19-37-59(61)66(45-24-6-3-7-25-45)58-36-17-14-28-48(58)49-31-18-35-55-60(49)51-30-13-16-33-53(51)65(55)56-40-38-42-20-8-10-26-46(42)62(56)67-63-47-27-11-9-21-43(47)39-41-57(63)65/h2-41H,1H3. The summed E-state index contributed by atoms with van der Waals surface area (Å²) in [4.78, 5) is 2.51. The van der Waals surface area contributed by atoms with Crippen LogP contribution in [0.2, 0.25) is 0 Å². The van der Waals surface area contributed by atoms with Crippen LogP contribution in [0.4, 0.5) is 17.1 Å². The highest BCUT2D eigenvalue weighted by molar-refractivity contribution is 6.05. The van der Waals surface area contributed by atoms with Crippen LogP contribution in [-0.2, 0) is 10.8 Å². The van der Waals surface area contributed by atoms with Crippen molar-refractivity contribution in [1.29, 1.82) is 0 Å². The van der Waals surface area contributed by atoms with Gasteiger partial charge in [0.05, 0.1) is 16.8 Å². The Kier molecular flexibility index (Phi) is 8.06. The lowest BCUT2D eigenvalue weighted by molar-refractivity contribution is 0.447. The number of anilines is 3. The quantitative estimate of drug-likeness (QED) is 0.171. The van der Waals surface area contributed by atoms with Gasteiger partial charge in [-0.3, -0.25) is 0 Å². The summed E-state index contributed by atoms with van der Waals surface area (Å²) in [5.41, 5.74) is 18.5. The first kappa shape index (κ1) is 37.9. The van der Waals surface area contributed by atoms with Gasteiger partial charge in [-0.25, -0.2) is 0 Å². The second kappa shape index (κ2) is 14.3. The SMILES string of the molecule is CC1(c2ccccc2)c2ccccc2-c2c(N(c3ccccc3)c3ccccc3-c3cccc4c3-c3ccccc3C43c4ccc5ccccc5c4Oc4c3ccc3ccccc43)cccc21. The van der Waals surface area contributed by atoms with E-state index in [2.05, 4.69) is 254 Å². The zero-order chi connectivity index (χ0) is 44.3. The van der Waals surface area contributed by atoms with E-state index in [1.165, 1.54) is 55.6 Å². The minimum Gasteiger partial charge on any atom is -0.455 e. The lowest BCUT2D eigenvalue weighted by Gasteiger charge is -2.40. The van der Waals surface area contributed by atoms with Crippen molar-refractivity contribution in [2.75, 3.05) is 4.90 Å². The molecule has 0 saturated heterocycles. The van der Waals surface area contributed by atoms with Crippen LogP contribution >= 0.6 is 0 Å². The Morgan fingerprint density at radius 1 is 0.328 bits per heavy atom. The van der Waals surface area contributed by atoms with Gasteiger partial charge in [0.15, 0.2) is 0 Å². The highest BCUT2D eigenvalue weighted by atomic mass is 16.5. The molecular formula is C65H43NO.